The van der Waals surface area contributed by atoms with E-state index in [4.69, 9.17) is 11.6 Å². The second-order valence-electron chi connectivity index (χ2n) is 4.21. The molecule has 18 heavy (non-hydrogen) atoms. The van der Waals surface area contributed by atoms with Gasteiger partial charge in [0.05, 0.1) is 4.71 Å². The molecule has 2 atom stereocenters. The highest BCUT2D eigenvalue weighted by Gasteiger charge is 2.12. The summed E-state index contributed by atoms with van der Waals surface area (Å²) >= 11 is 11.4. The Bertz CT molecular complexity index is 128. The van der Waals surface area contributed by atoms with Gasteiger partial charge in [-0.1, -0.05) is 34.6 Å². The van der Waals surface area contributed by atoms with E-state index in [1.165, 1.54) is 48.7 Å². The third-order valence-corrected chi connectivity index (χ3v) is 6.24. The molecule has 0 spiro atoms. The van der Waals surface area contributed by atoms with Crippen LogP contribution in [0.5, 0.6) is 0 Å². The number of alkyl halides is 1. The van der Waals surface area contributed by atoms with Gasteiger partial charge in [0.25, 0.3) is 0 Å². The highest BCUT2D eigenvalue weighted by Crippen LogP contribution is 2.30. The summed E-state index contributed by atoms with van der Waals surface area (Å²) in [6.07, 6.45) is 5.38. The number of halogens is 1. The predicted octanol–water partition coefficient (Wildman–Crippen LogP) is 6.38. The fraction of sp³-hybridized carbons (Fsp3) is 1.00. The van der Waals surface area contributed by atoms with Crippen molar-refractivity contribution in [1.29, 1.82) is 0 Å². The van der Waals surface area contributed by atoms with Gasteiger partial charge in [-0.15, -0.1) is 23.4 Å². The minimum absolute atomic E-state index is 0. The van der Waals surface area contributed by atoms with Crippen LogP contribution < -0.4 is 0 Å². The molecule has 0 aromatic heterocycles. The van der Waals surface area contributed by atoms with Crippen molar-refractivity contribution >= 4 is 46.9 Å². The Labute approximate surface area is 133 Å². The average molecular weight is 331 g/mol. The van der Waals surface area contributed by atoms with Crippen molar-refractivity contribution in [1.82, 2.24) is 0 Å². The van der Waals surface area contributed by atoms with Gasteiger partial charge >= 0.3 is 0 Å². The van der Waals surface area contributed by atoms with Crippen molar-refractivity contribution < 1.29 is 0 Å². The van der Waals surface area contributed by atoms with Crippen LogP contribution in [-0.4, -0.2) is 33.0 Å². The molecule has 3 aliphatic heterocycles. The minimum Gasteiger partial charge on any atom is -0.162 e. The first-order chi connectivity index (χ1) is 8.20. The molecule has 0 bridgehead atoms. The number of hydrogen-bond donors (Lipinski definition) is 0. The Balaban J connectivity index is 0. The summed E-state index contributed by atoms with van der Waals surface area (Å²) in [6, 6.07) is 0. The molecule has 3 heterocycles. The smallest absolute Gasteiger partial charge is 0.0796 e. The summed E-state index contributed by atoms with van der Waals surface area (Å²) in [7, 11) is 0. The Morgan fingerprint density at radius 1 is 1.00 bits per heavy atom. The Kier molecular flexibility index (Phi) is 19.7. The van der Waals surface area contributed by atoms with E-state index in [-0.39, 0.29) is 7.43 Å². The lowest BCUT2D eigenvalue weighted by Crippen LogP contribution is -2.09. The number of rotatable bonds is 0. The molecular weight excluding hydrogens is 300 g/mol. The van der Waals surface area contributed by atoms with Crippen LogP contribution in [-0.2, 0) is 0 Å². The molecule has 0 saturated carbocycles. The van der Waals surface area contributed by atoms with Crippen molar-refractivity contribution in [2.45, 2.75) is 63.8 Å². The molecule has 0 amide bonds. The monoisotopic (exact) mass is 330 g/mol. The van der Waals surface area contributed by atoms with Crippen molar-refractivity contribution in [3.05, 3.63) is 0 Å². The fourth-order valence-corrected chi connectivity index (χ4v) is 2.65. The van der Waals surface area contributed by atoms with Gasteiger partial charge in [-0.2, -0.15) is 23.5 Å². The van der Waals surface area contributed by atoms with Crippen LogP contribution in [0.4, 0.5) is 0 Å². The van der Waals surface area contributed by atoms with Crippen molar-refractivity contribution in [3.8, 4) is 0 Å². The molecule has 3 rings (SSSR count). The Morgan fingerprint density at radius 2 is 1.22 bits per heavy atom. The van der Waals surface area contributed by atoms with E-state index >= 15 is 0 Å². The third-order valence-electron chi connectivity index (χ3n) is 2.15. The molecule has 0 aromatic rings. The second kappa shape index (κ2) is 16.4. The van der Waals surface area contributed by atoms with Gasteiger partial charge in [0.1, 0.15) is 0 Å². The maximum absolute atomic E-state index is 5.51. The Morgan fingerprint density at radius 3 is 1.22 bits per heavy atom. The van der Waals surface area contributed by atoms with Crippen LogP contribution in [0, 0.1) is 0 Å². The summed E-state index contributed by atoms with van der Waals surface area (Å²) in [5.74, 6) is 5.51. The molecule has 2 unspecified atom stereocenters. The maximum Gasteiger partial charge on any atom is 0.0796 e. The molecule has 0 aromatic carbocycles. The first kappa shape index (κ1) is 21.6. The van der Waals surface area contributed by atoms with E-state index in [0.29, 0.717) is 4.71 Å². The minimum atomic E-state index is 0. The molecule has 3 saturated heterocycles. The first-order valence-corrected chi connectivity index (χ1v) is 10.3. The lowest BCUT2D eigenvalue weighted by atomic mass is 10.3. The summed E-state index contributed by atoms with van der Waals surface area (Å²) < 4.78 is 0.454. The largest absolute Gasteiger partial charge is 0.162 e. The topological polar surface area (TPSA) is 0 Å². The second-order valence-corrected chi connectivity index (χ2v) is 9.08. The average Bonchev–Trinajstić information content (AvgIpc) is 2.11. The molecule has 0 N–H and O–H groups in total. The van der Waals surface area contributed by atoms with E-state index in [0.717, 1.165) is 5.25 Å². The van der Waals surface area contributed by atoms with E-state index in [1.54, 1.807) is 0 Å². The molecule has 3 aliphatic rings. The summed E-state index contributed by atoms with van der Waals surface area (Å²) in [5.41, 5.74) is 0. The van der Waals surface area contributed by atoms with Gasteiger partial charge in [-0.05, 0) is 42.3 Å². The van der Waals surface area contributed by atoms with Crippen LogP contribution in [0.15, 0.2) is 0 Å². The Hall–Kier alpha value is 1.34. The standard InChI is InChI=1S/C4H8S.C3H5ClS.C3H6S.C3H8.CH4/c1-4-2-3-5-4;4-3-1-2-5-3;1-2-4-3-1;1-3-2;/h4H,2-3H2,1H3;3H,1-2H2;1-3H2;3H2,1-2H3;1H4. The van der Waals surface area contributed by atoms with Crippen LogP contribution >= 0.6 is 46.9 Å². The molecule has 3 fully saturated rings. The van der Waals surface area contributed by atoms with Crippen LogP contribution in [0.25, 0.3) is 0 Å². The zero-order valence-electron chi connectivity index (χ0n) is 11.4. The van der Waals surface area contributed by atoms with E-state index < -0.39 is 0 Å². The quantitative estimate of drug-likeness (QED) is 0.473. The van der Waals surface area contributed by atoms with Crippen LogP contribution in [0.2, 0.25) is 0 Å². The number of thioether (sulfide) groups is 3. The third kappa shape index (κ3) is 15.4. The van der Waals surface area contributed by atoms with Gasteiger partial charge in [-0.3, -0.25) is 0 Å². The molecule has 0 radical (unpaired) electrons. The maximum atomic E-state index is 5.51. The van der Waals surface area contributed by atoms with Crippen molar-refractivity contribution in [2.75, 3.05) is 23.0 Å². The normalized spacial score (nSPS) is 26.7. The molecule has 4 heteroatoms. The van der Waals surface area contributed by atoms with Crippen LogP contribution in [0.3, 0.4) is 0 Å². The lowest BCUT2D eigenvalue weighted by molar-refractivity contribution is 0.861. The van der Waals surface area contributed by atoms with Gasteiger partial charge in [-0.25, -0.2) is 0 Å². The molecular formula is C14H31ClS3. The van der Waals surface area contributed by atoms with Gasteiger partial charge in [0, 0.05) is 5.25 Å². The predicted molar refractivity (Wildman–Crippen MR) is 97.9 cm³/mol. The molecule has 0 nitrogen and oxygen atoms in total. The van der Waals surface area contributed by atoms with E-state index in [2.05, 4.69) is 32.5 Å². The lowest BCUT2D eigenvalue weighted by Gasteiger charge is -2.18. The highest BCUT2D eigenvalue weighted by molar-refractivity contribution is 8.02. The van der Waals surface area contributed by atoms with E-state index in [9.17, 15) is 0 Å². The van der Waals surface area contributed by atoms with Crippen molar-refractivity contribution in [3.63, 3.8) is 0 Å². The SMILES string of the molecule is C.C1CSC1.CC1CCS1.CCC.ClC1CCS1. The molecule has 0 aliphatic carbocycles. The van der Waals surface area contributed by atoms with Gasteiger partial charge < -0.3 is 0 Å². The van der Waals surface area contributed by atoms with Crippen LogP contribution in [0.1, 0.15) is 53.9 Å². The zero-order valence-corrected chi connectivity index (χ0v) is 14.6. The zero-order chi connectivity index (χ0) is 12.9. The van der Waals surface area contributed by atoms with Crippen molar-refractivity contribution in [2.24, 2.45) is 0 Å². The van der Waals surface area contributed by atoms with Gasteiger partial charge in [0.2, 0.25) is 0 Å². The summed E-state index contributed by atoms with van der Waals surface area (Å²) in [5, 5.41) is 0.981. The fourth-order valence-electron chi connectivity index (χ4n) is 0.705. The first-order valence-electron chi connectivity index (χ1n) is 6.65. The number of hydrogen-bond acceptors (Lipinski definition) is 3. The van der Waals surface area contributed by atoms with Gasteiger partial charge in [0.15, 0.2) is 0 Å². The summed E-state index contributed by atoms with van der Waals surface area (Å²) in [4.78, 5) is 0. The highest BCUT2D eigenvalue weighted by atomic mass is 35.5. The van der Waals surface area contributed by atoms with E-state index in [1.807, 2.05) is 23.5 Å². The summed E-state index contributed by atoms with van der Waals surface area (Å²) in [6.45, 7) is 6.52. The molecule has 112 valence electrons.